The monoisotopic (exact) mass is 499 g/mol. The summed E-state index contributed by atoms with van der Waals surface area (Å²) in [4.78, 5) is 42.5. The largest absolute Gasteiger partial charge is 0.504 e. The minimum atomic E-state index is -1.40. The van der Waals surface area contributed by atoms with Gasteiger partial charge in [-0.25, -0.2) is 0 Å². The number of hydrogen-bond acceptors (Lipinski definition) is 7. The van der Waals surface area contributed by atoms with Crippen LogP contribution in [0.5, 0.6) is 17.2 Å². The Kier molecular flexibility index (Phi) is 5.20. The summed E-state index contributed by atoms with van der Waals surface area (Å²) in [7, 11) is 1.56. The molecule has 0 radical (unpaired) electrons. The zero-order valence-electron chi connectivity index (χ0n) is 20.0. The van der Waals surface area contributed by atoms with Gasteiger partial charge in [0.25, 0.3) is 0 Å². The molecule has 6 rings (SSSR count). The molecule has 9 nitrogen and oxygen atoms in total. The zero-order valence-corrected chi connectivity index (χ0v) is 20.0. The van der Waals surface area contributed by atoms with E-state index in [-0.39, 0.29) is 36.3 Å². The number of aromatic hydroxyl groups is 2. The van der Waals surface area contributed by atoms with Crippen LogP contribution in [0.3, 0.4) is 0 Å². The van der Waals surface area contributed by atoms with E-state index in [1.807, 2.05) is 0 Å². The quantitative estimate of drug-likeness (QED) is 0.313. The summed E-state index contributed by atoms with van der Waals surface area (Å²) < 4.78 is 5.20. The first-order chi connectivity index (χ1) is 17.8. The number of anilines is 1. The molecule has 2 fully saturated rings. The fourth-order valence-electron chi connectivity index (χ4n) is 6.01. The second-order valence-electron chi connectivity index (χ2n) is 9.70. The molecule has 0 unspecified atom stereocenters. The van der Waals surface area contributed by atoms with Crippen LogP contribution in [0.25, 0.3) is 0 Å². The lowest BCUT2D eigenvalue weighted by Gasteiger charge is -2.29. The van der Waals surface area contributed by atoms with Gasteiger partial charge in [0.2, 0.25) is 17.7 Å². The minimum Gasteiger partial charge on any atom is -0.504 e. The van der Waals surface area contributed by atoms with Crippen molar-refractivity contribution in [2.24, 2.45) is 11.8 Å². The summed E-state index contributed by atoms with van der Waals surface area (Å²) in [5.74, 6) is -2.70. The Morgan fingerprint density at radius 2 is 1.65 bits per heavy atom. The standard InChI is InChI=1S/C28H25N3O6/c1-37-17-9-6-15(7-10-17)14-31-25(34)23-20(12-16-8-11-21(32)22(33)13-16)30-28(24(23)26(31)35)18-4-2-3-5-19(18)29-27(28)36/h2-11,13,20,23-24,30,32-33H,12,14H2,1H3,(H,29,36)/t20-,23-,24+,28-/m1/s1. The first-order valence-electron chi connectivity index (χ1n) is 12.0. The number of hydrogen-bond donors (Lipinski definition) is 4. The van der Waals surface area contributed by atoms with E-state index in [2.05, 4.69) is 10.6 Å². The lowest BCUT2D eigenvalue weighted by molar-refractivity contribution is -0.143. The van der Waals surface area contributed by atoms with Gasteiger partial charge >= 0.3 is 0 Å². The van der Waals surface area contributed by atoms with Gasteiger partial charge in [-0.1, -0.05) is 36.4 Å². The van der Waals surface area contributed by atoms with Gasteiger partial charge < -0.3 is 20.3 Å². The number of carbonyl (C=O) groups is 3. The minimum absolute atomic E-state index is 0.0841. The zero-order chi connectivity index (χ0) is 25.9. The lowest BCUT2D eigenvalue weighted by Crippen LogP contribution is -2.53. The second kappa shape index (κ2) is 8.35. The third kappa shape index (κ3) is 3.38. The number of methoxy groups -OCH3 is 1. The van der Waals surface area contributed by atoms with Crippen molar-refractivity contribution < 1.29 is 29.3 Å². The molecule has 0 aliphatic carbocycles. The van der Waals surface area contributed by atoms with Gasteiger partial charge in [-0.15, -0.1) is 0 Å². The van der Waals surface area contributed by atoms with Gasteiger partial charge in [0, 0.05) is 17.3 Å². The Balaban J connectivity index is 1.41. The summed E-state index contributed by atoms with van der Waals surface area (Å²) in [6.45, 7) is 0.0841. The van der Waals surface area contributed by atoms with Gasteiger partial charge in [0.1, 0.15) is 11.3 Å². The first kappa shape index (κ1) is 23.1. The fourth-order valence-corrected chi connectivity index (χ4v) is 6.01. The van der Waals surface area contributed by atoms with Crippen molar-refractivity contribution in [3.8, 4) is 17.2 Å². The Labute approximate surface area is 212 Å². The molecular formula is C28H25N3O6. The molecule has 3 aliphatic heterocycles. The molecule has 0 aromatic heterocycles. The smallest absolute Gasteiger partial charge is 0.250 e. The molecule has 2 saturated heterocycles. The Morgan fingerprint density at radius 3 is 2.38 bits per heavy atom. The molecule has 188 valence electrons. The maximum absolute atomic E-state index is 13.9. The highest BCUT2D eigenvalue weighted by atomic mass is 16.5. The van der Waals surface area contributed by atoms with E-state index in [1.165, 1.54) is 17.0 Å². The predicted molar refractivity (Wildman–Crippen MR) is 133 cm³/mol. The number of nitrogens with one attached hydrogen (secondary N) is 2. The van der Waals surface area contributed by atoms with Crippen LogP contribution in [0.2, 0.25) is 0 Å². The number of carbonyl (C=O) groups excluding carboxylic acids is 3. The maximum atomic E-state index is 13.9. The fraction of sp³-hybridized carbons (Fsp3) is 0.250. The van der Waals surface area contributed by atoms with E-state index in [9.17, 15) is 24.6 Å². The average Bonchev–Trinajstić information content (AvgIpc) is 3.47. The van der Waals surface area contributed by atoms with Gasteiger partial charge in [0.15, 0.2) is 11.5 Å². The van der Waals surface area contributed by atoms with Crippen LogP contribution in [0.4, 0.5) is 5.69 Å². The van der Waals surface area contributed by atoms with E-state index in [1.54, 1.807) is 61.7 Å². The van der Waals surface area contributed by atoms with Crippen molar-refractivity contribution in [3.63, 3.8) is 0 Å². The molecular weight excluding hydrogens is 474 g/mol. The van der Waals surface area contributed by atoms with E-state index in [4.69, 9.17) is 4.74 Å². The van der Waals surface area contributed by atoms with Crippen LogP contribution >= 0.6 is 0 Å². The van der Waals surface area contributed by atoms with Crippen LogP contribution in [-0.2, 0) is 32.9 Å². The molecule has 0 bridgehead atoms. The van der Waals surface area contributed by atoms with Crippen LogP contribution in [-0.4, -0.2) is 46.0 Å². The topological polar surface area (TPSA) is 128 Å². The molecule has 3 aromatic rings. The van der Waals surface area contributed by atoms with Crippen LogP contribution in [0.15, 0.2) is 66.7 Å². The van der Waals surface area contributed by atoms with Crippen molar-refractivity contribution in [1.29, 1.82) is 0 Å². The lowest BCUT2D eigenvalue weighted by atomic mass is 9.76. The molecule has 4 N–H and O–H groups in total. The number of nitrogens with zero attached hydrogens (tertiary/aromatic N) is 1. The summed E-state index contributed by atoms with van der Waals surface area (Å²) in [5, 5.41) is 26.0. The van der Waals surface area contributed by atoms with Crippen LogP contribution < -0.4 is 15.4 Å². The Hall–Kier alpha value is -4.37. The first-order valence-corrected chi connectivity index (χ1v) is 12.0. The molecule has 9 heteroatoms. The Morgan fingerprint density at radius 1 is 0.919 bits per heavy atom. The molecule has 3 amide bonds. The normalized spacial score (nSPS) is 25.9. The number of ether oxygens (including phenoxy) is 1. The third-order valence-electron chi connectivity index (χ3n) is 7.71. The van der Waals surface area contributed by atoms with E-state index in [0.29, 0.717) is 22.6 Å². The molecule has 3 aliphatic rings. The van der Waals surface area contributed by atoms with Gasteiger partial charge in [-0.2, -0.15) is 0 Å². The Bertz CT molecular complexity index is 1440. The number of benzene rings is 3. The van der Waals surface area contributed by atoms with Crippen LogP contribution in [0.1, 0.15) is 16.7 Å². The van der Waals surface area contributed by atoms with Crippen molar-refractivity contribution in [2.45, 2.75) is 24.5 Å². The number of fused-ring (bicyclic) bond motifs is 4. The average molecular weight is 500 g/mol. The van der Waals surface area contributed by atoms with E-state index < -0.39 is 29.3 Å². The summed E-state index contributed by atoms with van der Waals surface area (Å²) in [6.07, 6.45) is 0.265. The molecule has 1 spiro atoms. The molecule has 37 heavy (non-hydrogen) atoms. The van der Waals surface area contributed by atoms with Crippen molar-refractivity contribution in [1.82, 2.24) is 10.2 Å². The SMILES string of the molecule is COc1ccc(CN2C(=O)[C@H]3[C@@H](C2=O)[C@@]2(N[C@@H]3Cc3ccc(O)c(O)c3)C(=O)Nc3ccccc32)cc1. The van der Waals surface area contributed by atoms with Gasteiger partial charge in [0.05, 0.1) is 25.5 Å². The van der Waals surface area contributed by atoms with Crippen molar-refractivity contribution >= 4 is 23.4 Å². The maximum Gasteiger partial charge on any atom is 0.250 e. The number of para-hydroxylation sites is 1. The van der Waals surface area contributed by atoms with Gasteiger partial charge in [-0.05, 0) is 47.9 Å². The number of rotatable bonds is 5. The van der Waals surface area contributed by atoms with Crippen molar-refractivity contribution in [3.05, 3.63) is 83.4 Å². The second-order valence-corrected chi connectivity index (χ2v) is 9.70. The number of amides is 3. The summed E-state index contributed by atoms with van der Waals surface area (Å²) in [5.41, 5.74) is 1.27. The highest BCUT2D eigenvalue weighted by Crippen LogP contribution is 2.53. The van der Waals surface area contributed by atoms with E-state index in [0.717, 1.165) is 5.56 Å². The third-order valence-corrected chi connectivity index (χ3v) is 7.71. The summed E-state index contributed by atoms with van der Waals surface area (Å²) in [6, 6.07) is 18.2. The number of imide groups is 1. The summed E-state index contributed by atoms with van der Waals surface area (Å²) >= 11 is 0. The van der Waals surface area contributed by atoms with E-state index >= 15 is 0 Å². The molecule has 0 saturated carbocycles. The van der Waals surface area contributed by atoms with Crippen LogP contribution in [0, 0.1) is 11.8 Å². The number of phenols is 2. The molecule has 3 aromatic carbocycles. The number of phenolic OH excluding ortho intramolecular Hbond substituents is 2. The molecule has 3 heterocycles. The van der Waals surface area contributed by atoms with Gasteiger partial charge in [-0.3, -0.25) is 24.6 Å². The van der Waals surface area contributed by atoms with Crippen molar-refractivity contribution in [2.75, 3.05) is 12.4 Å². The highest BCUT2D eigenvalue weighted by molar-refractivity contribution is 6.15. The number of likely N-dealkylation sites (tertiary alicyclic amines) is 1. The predicted octanol–water partition coefficient (Wildman–Crippen LogP) is 2.27. The molecule has 4 atom stereocenters. The highest BCUT2D eigenvalue weighted by Gasteiger charge is 2.70.